The van der Waals surface area contributed by atoms with Gasteiger partial charge >= 0.3 is 5.97 Å². The Balaban J connectivity index is 1.74. The molecule has 0 aromatic heterocycles. The summed E-state index contributed by atoms with van der Waals surface area (Å²) in [5.41, 5.74) is 0. The van der Waals surface area contributed by atoms with E-state index in [0.717, 1.165) is 32.7 Å². The maximum Gasteiger partial charge on any atom is 0.307 e. The molecular formula is C14H25N3O3. The highest BCUT2D eigenvalue weighted by Gasteiger charge is 2.40. The fourth-order valence-corrected chi connectivity index (χ4v) is 3.26. The normalized spacial score (nSPS) is 31.1. The zero-order valence-electron chi connectivity index (χ0n) is 12.1. The second-order valence-electron chi connectivity index (χ2n) is 6.01. The highest BCUT2D eigenvalue weighted by molar-refractivity contribution is 5.85. The van der Waals surface area contributed by atoms with E-state index in [0.29, 0.717) is 25.3 Å². The fourth-order valence-electron chi connectivity index (χ4n) is 3.26. The predicted octanol–water partition coefficient (Wildman–Crippen LogP) is -0.245. The number of carbonyl (C=O) groups is 2. The molecule has 1 amide bonds. The van der Waals surface area contributed by atoms with E-state index in [4.69, 9.17) is 0 Å². The Morgan fingerprint density at radius 1 is 1.25 bits per heavy atom. The van der Waals surface area contributed by atoms with Crippen molar-refractivity contribution < 1.29 is 14.7 Å². The van der Waals surface area contributed by atoms with Crippen LogP contribution in [0.4, 0.5) is 0 Å². The average Bonchev–Trinajstić information content (AvgIpc) is 2.82. The van der Waals surface area contributed by atoms with E-state index in [9.17, 15) is 14.7 Å². The van der Waals surface area contributed by atoms with Crippen molar-refractivity contribution in [2.24, 2.45) is 17.8 Å². The number of rotatable bonds is 5. The van der Waals surface area contributed by atoms with Gasteiger partial charge in [0, 0.05) is 39.3 Å². The first kappa shape index (κ1) is 15.3. The molecule has 0 radical (unpaired) electrons. The number of carboxylic acids is 1. The molecule has 0 aromatic rings. The van der Waals surface area contributed by atoms with Crippen LogP contribution in [0.5, 0.6) is 0 Å². The van der Waals surface area contributed by atoms with Gasteiger partial charge in [-0.3, -0.25) is 14.5 Å². The number of nitrogens with one attached hydrogen (secondary N) is 2. The number of hydrogen-bond donors (Lipinski definition) is 3. The summed E-state index contributed by atoms with van der Waals surface area (Å²) in [6.07, 6.45) is 1.31. The number of carbonyl (C=O) groups excluding carboxylic acids is 1. The van der Waals surface area contributed by atoms with E-state index < -0.39 is 11.9 Å². The van der Waals surface area contributed by atoms with Crippen molar-refractivity contribution in [1.29, 1.82) is 0 Å². The molecule has 114 valence electrons. The number of nitrogens with zero attached hydrogens (tertiary/aromatic N) is 1. The molecule has 3 atom stereocenters. The molecular weight excluding hydrogens is 258 g/mol. The summed E-state index contributed by atoms with van der Waals surface area (Å²) in [6, 6.07) is 0. The molecule has 6 heteroatoms. The van der Waals surface area contributed by atoms with Gasteiger partial charge in [-0.15, -0.1) is 0 Å². The van der Waals surface area contributed by atoms with Crippen LogP contribution in [0.15, 0.2) is 0 Å². The Morgan fingerprint density at radius 2 is 1.90 bits per heavy atom. The Morgan fingerprint density at radius 3 is 2.55 bits per heavy atom. The van der Waals surface area contributed by atoms with Crippen LogP contribution in [0.25, 0.3) is 0 Å². The number of aliphatic carboxylic acids is 1. The summed E-state index contributed by atoms with van der Waals surface area (Å²) in [6.45, 7) is 7.47. The second-order valence-corrected chi connectivity index (χ2v) is 6.01. The molecule has 2 aliphatic rings. The molecule has 0 spiro atoms. The van der Waals surface area contributed by atoms with E-state index in [1.165, 1.54) is 0 Å². The van der Waals surface area contributed by atoms with Crippen molar-refractivity contribution in [2.75, 3.05) is 39.3 Å². The summed E-state index contributed by atoms with van der Waals surface area (Å²) in [5.74, 6) is -1.47. The van der Waals surface area contributed by atoms with Crippen LogP contribution < -0.4 is 10.6 Å². The van der Waals surface area contributed by atoms with Crippen molar-refractivity contribution in [2.45, 2.75) is 19.8 Å². The monoisotopic (exact) mass is 283 g/mol. The van der Waals surface area contributed by atoms with Gasteiger partial charge < -0.3 is 15.7 Å². The number of carboxylic acid groups (broad SMARTS) is 1. The van der Waals surface area contributed by atoms with E-state index in [2.05, 4.69) is 15.5 Å². The van der Waals surface area contributed by atoms with E-state index >= 15 is 0 Å². The quantitative estimate of drug-likeness (QED) is 0.648. The molecule has 1 saturated heterocycles. The van der Waals surface area contributed by atoms with Gasteiger partial charge in [0.05, 0.1) is 11.8 Å². The highest BCUT2D eigenvalue weighted by Crippen LogP contribution is 2.36. The minimum absolute atomic E-state index is 0.0862. The Bertz CT molecular complexity index is 356. The molecule has 1 aliphatic heterocycles. The van der Waals surface area contributed by atoms with E-state index in [1.807, 2.05) is 6.92 Å². The van der Waals surface area contributed by atoms with E-state index in [1.54, 1.807) is 0 Å². The van der Waals surface area contributed by atoms with Crippen LogP contribution in [-0.2, 0) is 9.59 Å². The molecule has 1 saturated carbocycles. The number of piperazine rings is 1. The van der Waals surface area contributed by atoms with Crippen LogP contribution in [0.1, 0.15) is 19.8 Å². The van der Waals surface area contributed by atoms with Crippen molar-refractivity contribution >= 4 is 11.9 Å². The first-order chi connectivity index (χ1) is 9.58. The number of hydrogen-bond acceptors (Lipinski definition) is 4. The summed E-state index contributed by atoms with van der Waals surface area (Å²) < 4.78 is 0. The van der Waals surface area contributed by atoms with Crippen LogP contribution in [0.2, 0.25) is 0 Å². The minimum atomic E-state index is -0.836. The first-order valence-electron chi connectivity index (χ1n) is 7.51. The van der Waals surface area contributed by atoms with Gasteiger partial charge in [0.15, 0.2) is 0 Å². The molecule has 1 aliphatic carbocycles. The summed E-state index contributed by atoms with van der Waals surface area (Å²) in [5, 5.41) is 15.4. The van der Waals surface area contributed by atoms with Gasteiger partial charge in [-0.1, -0.05) is 6.92 Å². The third-order valence-electron chi connectivity index (χ3n) is 4.39. The molecule has 20 heavy (non-hydrogen) atoms. The highest BCUT2D eigenvalue weighted by atomic mass is 16.4. The first-order valence-corrected chi connectivity index (χ1v) is 7.51. The SMILES string of the molecule is CC1CC(C(=O)O)C(C(=O)NCCN2CCNCC2)C1. The molecule has 3 N–H and O–H groups in total. The van der Waals surface area contributed by atoms with Crippen molar-refractivity contribution in [3.8, 4) is 0 Å². The predicted molar refractivity (Wildman–Crippen MR) is 75.3 cm³/mol. The van der Waals surface area contributed by atoms with Gasteiger partial charge in [0.2, 0.25) is 5.91 Å². The third-order valence-corrected chi connectivity index (χ3v) is 4.39. The van der Waals surface area contributed by atoms with Crippen molar-refractivity contribution in [3.05, 3.63) is 0 Å². The molecule has 0 bridgehead atoms. The Hall–Kier alpha value is -1.14. The summed E-state index contributed by atoms with van der Waals surface area (Å²) in [7, 11) is 0. The Labute approximate surface area is 119 Å². The van der Waals surface area contributed by atoms with Crippen LogP contribution >= 0.6 is 0 Å². The largest absolute Gasteiger partial charge is 0.481 e. The lowest BCUT2D eigenvalue weighted by atomic mass is 9.95. The van der Waals surface area contributed by atoms with Gasteiger partial charge in [-0.05, 0) is 18.8 Å². The molecule has 2 rings (SSSR count). The zero-order valence-corrected chi connectivity index (χ0v) is 12.1. The molecule has 3 unspecified atom stereocenters. The lowest BCUT2D eigenvalue weighted by Crippen LogP contribution is -2.47. The maximum atomic E-state index is 12.1. The topological polar surface area (TPSA) is 81.7 Å². The molecule has 2 fully saturated rings. The Kier molecular flexibility index (Phi) is 5.37. The molecule has 0 aromatic carbocycles. The number of amides is 1. The van der Waals surface area contributed by atoms with Gasteiger partial charge in [-0.25, -0.2) is 0 Å². The second kappa shape index (κ2) is 7.04. The van der Waals surface area contributed by atoms with Crippen molar-refractivity contribution in [3.63, 3.8) is 0 Å². The van der Waals surface area contributed by atoms with Gasteiger partial charge in [0.25, 0.3) is 0 Å². The smallest absolute Gasteiger partial charge is 0.307 e. The van der Waals surface area contributed by atoms with Crippen LogP contribution in [-0.4, -0.2) is 61.2 Å². The van der Waals surface area contributed by atoms with Crippen molar-refractivity contribution in [1.82, 2.24) is 15.5 Å². The molecule has 6 nitrogen and oxygen atoms in total. The van der Waals surface area contributed by atoms with Gasteiger partial charge in [-0.2, -0.15) is 0 Å². The summed E-state index contributed by atoms with van der Waals surface area (Å²) >= 11 is 0. The lowest BCUT2D eigenvalue weighted by Gasteiger charge is -2.27. The maximum absolute atomic E-state index is 12.1. The van der Waals surface area contributed by atoms with Gasteiger partial charge in [0.1, 0.15) is 0 Å². The fraction of sp³-hybridized carbons (Fsp3) is 0.857. The molecule has 1 heterocycles. The average molecular weight is 283 g/mol. The third kappa shape index (κ3) is 3.93. The minimum Gasteiger partial charge on any atom is -0.481 e. The lowest BCUT2D eigenvalue weighted by molar-refractivity contribution is -0.146. The van der Waals surface area contributed by atoms with Crippen LogP contribution in [0, 0.1) is 17.8 Å². The zero-order chi connectivity index (χ0) is 14.5. The standard InChI is InChI=1S/C14H25N3O3/c1-10-8-11(12(9-10)14(19)20)13(18)16-4-7-17-5-2-15-3-6-17/h10-12,15H,2-9H2,1H3,(H,16,18)(H,19,20). The summed E-state index contributed by atoms with van der Waals surface area (Å²) in [4.78, 5) is 25.6. The van der Waals surface area contributed by atoms with Crippen LogP contribution in [0.3, 0.4) is 0 Å². The van der Waals surface area contributed by atoms with E-state index in [-0.39, 0.29) is 11.8 Å².